The number of rotatable bonds is 1. The SMILES string of the molecule is Cn1nc(N)c2cc(-c3cccc4ccccc34)cnc21. The topological polar surface area (TPSA) is 56.7 Å². The molecule has 2 aromatic carbocycles. The lowest BCUT2D eigenvalue weighted by Gasteiger charge is -2.06. The van der Waals surface area contributed by atoms with Crippen LogP contribution < -0.4 is 5.73 Å². The van der Waals surface area contributed by atoms with Gasteiger partial charge < -0.3 is 5.73 Å². The molecule has 0 aliphatic heterocycles. The van der Waals surface area contributed by atoms with Crippen LogP contribution in [0.4, 0.5) is 5.82 Å². The molecule has 102 valence electrons. The third-order valence-electron chi connectivity index (χ3n) is 3.81. The summed E-state index contributed by atoms with van der Waals surface area (Å²) in [5.74, 6) is 0.516. The number of benzene rings is 2. The first kappa shape index (κ1) is 11.9. The molecule has 2 aromatic heterocycles. The quantitative estimate of drug-likeness (QED) is 0.579. The standard InChI is InChI=1S/C17H14N4/c1-21-17-15(16(18)20-21)9-12(10-19-17)14-8-4-6-11-5-2-3-7-13(11)14/h2-10H,1H3,(H2,18,20). The van der Waals surface area contributed by atoms with Gasteiger partial charge >= 0.3 is 0 Å². The van der Waals surface area contributed by atoms with Gasteiger partial charge in [-0.3, -0.25) is 0 Å². The summed E-state index contributed by atoms with van der Waals surface area (Å²) >= 11 is 0. The highest BCUT2D eigenvalue weighted by Crippen LogP contribution is 2.30. The lowest BCUT2D eigenvalue weighted by atomic mass is 9.99. The summed E-state index contributed by atoms with van der Waals surface area (Å²) in [7, 11) is 1.85. The van der Waals surface area contributed by atoms with E-state index in [1.165, 1.54) is 10.8 Å². The lowest BCUT2D eigenvalue weighted by molar-refractivity contribution is 0.791. The van der Waals surface area contributed by atoms with Crippen molar-refractivity contribution in [1.29, 1.82) is 0 Å². The summed E-state index contributed by atoms with van der Waals surface area (Å²) in [5.41, 5.74) is 8.98. The van der Waals surface area contributed by atoms with E-state index in [4.69, 9.17) is 5.73 Å². The van der Waals surface area contributed by atoms with Crippen LogP contribution in [-0.2, 0) is 7.05 Å². The molecule has 0 fully saturated rings. The molecular formula is C17H14N4. The lowest BCUT2D eigenvalue weighted by Crippen LogP contribution is -1.92. The number of hydrogen-bond donors (Lipinski definition) is 1. The Kier molecular flexibility index (Phi) is 2.44. The summed E-state index contributed by atoms with van der Waals surface area (Å²) < 4.78 is 1.71. The monoisotopic (exact) mass is 274 g/mol. The highest BCUT2D eigenvalue weighted by atomic mass is 15.3. The van der Waals surface area contributed by atoms with Crippen LogP contribution in [0.1, 0.15) is 0 Å². The Balaban J connectivity index is 2.02. The third-order valence-corrected chi connectivity index (χ3v) is 3.81. The van der Waals surface area contributed by atoms with Crippen molar-refractivity contribution in [2.45, 2.75) is 0 Å². The van der Waals surface area contributed by atoms with Gasteiger partial charge in [-0.05, 0) is 22.4 Å². The molecular weight excluding hydrogens is 260 g/mol. The Hall–Kier alpha value is -2.88. The molecule has 4 heteroatoms. The highest BCUT2D eigenvalue weighted by molar-refractivity contribution is 5.99. The molecule has 0 unspecified atom stereocenters. The first-order valence-corrected chi connectivity index (χ1v) is 6.80. The largest absolute Gasteiger partial charge is 0.382 e. The van der Waals surface area contributed by atoms with E-state index in [1.54, 1.807) is 4.68 Å². The van der Waals surface area contributed by atoms with Gasteiger partial charge in [-0.1, -0.05) is 42.5 Å². The van der Waals surface area contributed by atoms with Gasteiger partial charge in [0.2, 0.25) is 0 Å². The maximum Gasteiger partial charge on any atom is 0.159 e. The Morgan fingerprint density at radius 2 is 1.81 bits per heavy atom. The van der Waals surface area contributed by atoms with Crippen LogP contribution >= 0.6 is 0 Å². The Bertz CT molecular complexity index is 964. The minimum absolute atomic E-state index is 0.516. The minimum atomic E-state index is 0.516. The molecule has 0 radical (unpaired) electrons. The molecule has 0 atom stereocenters. The minimum Gasteiger partial charge on any atom is -0.382 e. The molecule has 2 heterocycles. The van der Waals surface area contributed by atoms with Crippen LogP contribution in [0.25, 0.3) is 32.9 Å². The van der Waals surface area contributed by atoms with Crippen molar-refractivity contribution in [2.75, 3.05) is 5.73 Å². The van der Waals surface area contributed by atoms with E-state index in [9.17, 15) is 0 Å². The summed E-state index contributed by atoms with van der Waals surface area (Å²) in [5, 5.41) is 7.54. The number of nitrogens with two attached hydrogens (primary N) is 1. The van der Waals surface area contributed by atoms with Crippen molar-refractivity contribution in [2.24, 2.45) is 7.05 Å². The Labute approximate surface area is 121 Å². The molecule has 0 amide bonds. The first-order chi connectivity index (χ1) is 10.2. The van der Waals surface area contributed by atoms with Gasteiger partial charge in [0.05, 0.1) is 5.39 Å². The molecule has 2 N–H and O–H groups in total. The van der Waals surface area contributed by atoms with Crippen LogP contribution in [0.5, 0.6) is 0 Å². The summed E-state index contributed by atoms with van der Waals surface area (Å²) in [6.45, 7) is 0. The van der Waals surface area contributed by atoms with E-state index >= 15 is 0 Å². The Morgan fingerprint density at radius 3 is 2.71 bits per heavy atom. The van der Waals surface area contributed by atoms with E-state index in [0.29, 0.717) is 5.82 Å². The first-order valence-electron chi connectivity index (χ1n) is 6.80. The van der Waals surface area contributed by atoms with E-state index < -0.39 is 0 Å². The van der Waals surface area contributed by atoms with Crippen molar-refractivity contribution >= 4 is 27.6 Å². The van der Waals surface area contributed by atoms with Crippen molar-refractivity contribution in [1.82, 2.24) is 14.8 Å². The summed E-state index contributed by atoms with van der Waals surface area (Å²) in [6, 6.07) is 16.7. The highest BCUT2D eigenvalue weighted by Gasteiger charge is 2.10. The average molecular weight is 274 g/mol. The maximum absolute atomic E-state index is 5.96. The molecule has 21 heavy (non-hydrogen) atoms. The molecule has 4 aromatic rings. The van der Waals surface area contributed by atoms with Crippen LogP contribution in [0.2, 0.25) is 0 Å². The normalized spacial score (nSPS) is 11.3. The zero-order chi connectivity index (χ0) is 14.4. The predicted octanol–water partition coefficient (Wildman–Crippen LogP) is 3.37. The fourth-order valence-corrected chi connectivity index (χ4v) is 2.79. The molecule has 0 bridgehead atoms. The van der Waals surface area contributed by atoms with E-state index in [1.807, 2.05) is 19.3 Å². The molecule has 4 rings (SSSR count). The predicted molar refractivity (Wildman–Crippen MR) is 85.9 cm³/mol. The van der Waals surface area contributed by atoms with Crippen molar-refractivity contribution in [3.8, 4) is 11.1 Å². The molecule has 4 nitrogen and oxygen atoms in total. The number of hydrogen-bond acceptors (Lipinski definition) is 3. The van der Waals surface area contributed by atoms with Crippen LogP contribution in [0.3, 0.4) is 0 Å². The van der Waals surface area contributed by atoms with E-state index in [0.717, 1.165) is 22.2 Å². The Morgan fingerprint density at radius 1 is 1.00 bits per heavy atom. The summed E-state index contributed by atoms with van der Waals surface area (Å²) in [4.78, 5) is 4.51. The number of aryl methyl sites for hydroxylation is 1. The third kappa shape index (κ3) is 1.76. The number of pyridine rings is 1. The van der Waals surface area contributed by atoms with Gasteiger partial charge in [-0.15, -0.1) is 0 Å². The number of nitrogens with zero attached hydrogens (tertiary/aromatic N) is 3. The van der Waals surface area contributed by atoms with Gasteiger partial charge in [0.1, 0.15) is 0 Å². The number of anilines is 1. The molecule has 0 aliphatic rings. The molecule has 0 saturated heterocycles. The smallest absolute Gasteiger partial charge is 0.159 e. The summed E-state index contributed by atoms with van der Waals surface area (Å²) in [6.07, 6.45) is 1.88. The van der Waals surface area contributed by atoms with Crippen LogP contribution in [-0.4, -0.2) is 14.8 Å². The second-order valence-corrected chi connectivity index (χ2v) is 5.13. The average Bonchev–Trinajstić information content (AvgIpc) is 2.81. The van der Waals surface area contributed by atoms with Crippen LogP contribution in [0, 0.1) is 0 Å². The van der Waals surface area contributed by atoms with E-state index in [-0.39, 0.29) is 0 Å². The molecule has 0 saturated carbocycles. The van der Waals surface area contributed by atoms with E-state index in [2.05, 4.69) is 52.5 Å². The fourth-order valence-electron chi connectivity index (χ4n) is 2.79. The van der Waals surface area contributed by atoms with Crippen molar-refractivity contribution in [3.63, 3.8) is 0 Å². The number of aromatic nitrogens is 3. The number of fused-ring (bicyclic) bond motifs is 2. The number of nitrogen functional groups attached to an aromatic ring is 1. The fraction of sp³-hybridized carbons (Fsp3) is 0.0588. The van der Waals surface area contributed by atoms with Crippen molar-refractivity contribution in [3.05, 3.63) is 54.7 Å². The van der Waals surface area contributed by atoms with Gasteiger partial charge in [-0.25, -0.2) is 9.67 Å². The second kappa shape index (κ2) is 4.31. The van der Waals surface area contributed by atoms with Gasteiger partial charge in [-0.2, -0.15) is 5.10 Å². The van der Waals surface area contributed by atoms with Gasteiger partial charge in [0, 0.05) is 18.8 Å². The molecule has 0 aliphatic carbocycles. The van der Waals surface area contributed by atoms with Gasteiger partial charge in [0.25, 0.3) is 0 Å². The second-order valence-electron chi connectivity index (χ2n) is 5.13. The molecule has 0 spiro atoms. The van der Waals surface area contributed by atoms with Crippen molar-refractivity contribution < 1.29 is 0 Å². The zero-order valence-electron chi connectivity index (χ0n) is 11.6. The van der Waals surface area contributed by atoms with Gasteiger partial charge in [0.15, 0.2) is 11.5 Å². The zero-order valence-corrected chi connectivity index (χ0v) is 11.6. The maximum atomic E-state index is 5.96. The van der Waals surface area contributed by atoms with Crippen LogP contribution in [0.15, 0.2) is 54.7 Å².